The largest absolute Gasteiger partial charge is 0.368 e. The van der Waals surface area contributed by atoms with E-state index in [0.717, 1.165) is 11.3 Å². The van der Waals surface area contributed by atoms with Gasteiger partial charge in [0.05, 0.1) is 0 Å². The fraction of sp³-hybridized carbons (Fsp3) is 0.556. The third-order valence-corrected chi connectivity index (χ3v) is 2.82. The van der Waals surface area contributed by atoms with Crippen molar-refractivity contribution in [1.29, 1.82) is 0 Å². The van der Waals surface area contributed by atoms with Crippen molar-refractivity contribution in [2.45, 2.75) is 31.7 Å². The van der Waals surface area contributed by atoms with E-state index in [4.69, 9.17) is 11.6 Å². The smallest absolute Gasteiger partial charge is 0.224 e. The zero-order valence-electron chi connectivity index (χ0n) is 8.26. The highest BCUT2D eigenvalue weighted by atomic mass is 35.5. The van der Waals surface area contributed by atoms with Crippen molar-refractivity contribution < 1.29 is 0 Å². The second kappa shape index (κ2) is 4.17. The van der Waals surface area contributed by atoms with Crippen LogP contribution in [0.3, 0.4) is 0 Å². The molecule has 74 valence electrons. The van der Waals surface area contributed by atoms with Gasteiger partial charge in [0.2, 0.25) is 5.28 Å². The summed E-state index contributed by atoms with van der Waals surface area (Å²) in [5, 5.41) is 3.73. The normalized spacial score (nSPS) is 17.2. The van der Waals surface area contributed by atoms with Gasteiger partial charge in [-0.3, -0.25) is 0 Å². The van der Waals surface area contributed by atoms with Crippen LogP contribution in [0.5, 0.6) is 0 Å². The van der Waals surface area contributed by atoms with Gasteiger partial charge in [0, 0.05) is 12.2 Å². The molecule has 0 spiro atoms. The highest BCUT2D eigenvalue weighted by molar-refractivity contribution is 6.35. The monoisotopic (exact) mass is 209 g/mol. The molecule has 1 aromatic rings. The lowest BCUT2D eigenvalue weighted by Gasteiger charge is -2.14. The Hall–Kier alpha value is -0.765. The Labute approximate surface area is 89.7 Å². The van der Waals surface area contributed by atoms with Crippen LogP contribution in [0, 0.1) is 0 Å². The number of aromatic nitrogens is 2. The molecule has 1 aliphatic carbocycles. The molecule has 1 aliphatic rings. The molecule has 0 aliphatic heterocycles. The molecule has 2 rings (SSSR count). The Morgan fingerprint density at radius 3 is 2.86 bits per heavy atom. The molecular formula is C9H13BClN3. The van der Waals surface area contributed by atoms with Gasteiger partial charge in [-0.1, -0.05) is 12.8 Å². The highest BCUT2D eigenvalue weighted by Crippen LogP contribution is 2.20. The van der Waals surface area contributed by atoms with E-state index in [9.17, 15) is 0 Å². The maximum atomic E-state index is 5.74. The molecule has 1 fully saturated rings. The first kappa shape index (κ1) is 9.78. The molecule has 0 radical (unpaired) electrons. The first-order valence-corrected chi connectivity index (χ1v) is 5.39. The van der Waals surface area contributed by atoms with E-state index in [1.807, 2.05) is 7.85 Å². The third kappa shape index (κ3) is 2.18. The summed E-state index contributed by atoms with van der Waals surface area (Å²) in [6.45, 7) is 0. The van der Waals surface area contributed by atoms with E-state index >= 15 is 0 Å². The molecular weight excluding hydrogens is 196 g/mol. The highest BCUT2D eigenvalue weighted by Gasteiger charge is 2.15. The Balaban J connectivity index is 2.10. The van der Waals surface area contributed by atoms with Crippen LogP contribution in [0.25, 0.3) is 0 Å². The number of halogens is 1. The Morgan fingerprint density at radius 2 is 2.14 bits per heavy atom. The van der Waals surface area contributed by atoms with Gasteiger partial charge in [-0.25, -0.2) is 9.97 Å². The van der Waals surface area contributed by atoms with Crippen LogP contribution < -0.4 is 10.8 Å². The van der Waals surface area contributed by atoms with Gasteiger partial charge in [0.1, 0.15) is 13.7 Å². The van der Waals surface area contributed by atoms with Crippen molar-refractivity contribution in [3.05, 3.63) is 11.5 Å². The Kier molecular flexibility index (Phi) is 2.92. The molecule has 14 heavy (non-hydrogen) atoms. The van der Waals surface area contributed by atoms with Crippen molar-refractivity contribution in [2.75, 3.05) is 5.32 Å². The molecule has 0 saturated heterocycles. The number of nitrogens with one attached hydrogen (secondary N) is 1. The van der Waals surface area contributed by atoms with Crippen molar-refractivity contribution in [2.24, 2.45) is 0 Å². The SMILES string of the molecule is Bc1cnc(Cl)nc1NC1CCCC1. The molecule has 1 aromatic heterocycles. The zero-order chi connectivity index (χ0) is 9.97. The summed E-state index contributed by atoms with van der Waals surface area (Å²) in [4.78, 5) is 8.11. The van der Waals surface area contributed by atoms with Gasteiger partial charge >= 0.3 is 0 Å². The van der Waals surface area contributed by atoms with Crippen LogP contribution >= 0.6 is 11.6 Å². The quantitative estimate of drug-likeness (QED) is 0.577. The summed E-state index contributed by atoms with van der Waals surface area (Å²) in [6.07, 6.45) is 6.86. The summed E-state index contributed by atoms with van der Waals surface area (Å²) >= 11 is 5.74. The molecule has 1 N–H and O–H groups in total. The fourth-order valence-corrected chi connectivity index (χ4v) is 1.96. The standard InChI is InChI=1S/C9H13BClN3/c10-7-5-12-9(11)14-8(7)13-6-3-1-2-4-6/h5-6H,1-4,10H2,(H,12,13,14). The average Bonchev–Trinajstić information content (AvgIpc) is 2.64. The second-order valence-electron chi connectivity index (χ2n) is 3.80. The van der Waals surface area contributed by atoms with Crippen LogP contribution in [0.4, 0.5) is 5.82 Å². The van der Waals surface area contributed by atoms with Crippen molar-refractivity contribution in [3.63, 3.8) is 0 Å². The molecule has 3 nitrogen and oxygen atoms in total. The number of rotatable bonds is 2. The Bertz CT molecular complexity index is 326. The van der Waals surface area contributed by atoms with Gasteiger partial charge in [0.25, 0.3) is 0 Å². The summed E-state index contributed by atoms with van der Waals surface area (Å²) in [7, 11) is 1.99. The maximum absolute atomic E-state index is 5.74. The van der Waals surface area contributed by atoms with E-state index in [2.05, 4.69) is 15.3 Å². The first-order chi connectivity index (χ1) is 6.75. The average molecular weight is 209 g/mol. The van der Waals surface area contributed by atoms with Crippen LogP contribution in [-0.2, 0) is 0 Å². The second-order valence-corrected chi connectivity index (χ2v) is 4.13. The molecule has 5 heteroatoms. The van der Waals surface area contributed by atoms with E-state index in [1.165, 1.54) is 25.7 Å². The van der Waals surface area contributed by atoms with Gasteiger partial charge < -0.3 is 5.32 Å². The lowest BCUT2D eigenvalue weighted by molar-refractivity contribution is 0.751. The Morgan fingerprint density at radius 1 is 1.43 bits per heavy atom. The number of hydrogen-bond acceptors (Lipinski definition) is 3. The molecule has 1 saturated carbocycles. The summed E-state index contributed by atoms with van der Waals surface area (Å²) < 4.78 is 0. The van der Waals surface area contributed by atoms with Gasteiger partial charge in [0.15, 0.2) is 0 Å². The number of anilines is 1. The summed E-state index contributed by atoms with van der Waals surface area (Å²) in [5.41, 5.74) is 1.06. The van der Waals surface area contributed by atoms with Crippen LogP contribution in [0.2, 0.25) is 5.28 Å². The molecule has 1 heterocycles. The van der Waals surface area contributed by atoms with Gasteiger partial charge in [-0.05, 0) is 29.9 Å². The van der Waals surface area contributed by atoms with E-state index in [-0.39, 0.29) is 0 Å². The molecule has 0 aromatic carbocycles. The molecule has 0 atom stereocenters. The van der Waals surface area contributed by atoms with Gasteiger partial charge in [-0.2, -0.15) is 0 Å². The van der Waals surface area contributed by atoms with Gasteiger partial charge in [-0.15, -0.1) is 0 Å². The lowest BCUT2D eigenvalue weighted by atomic mass is 9.99. The zero-order valence-corrected chi connectivity index (χ0v) is 9.01. The van der Waals surface area contributed by atoms with Crippen molar-refractivity contribution in [1.82, 2.24) is 9.97 Å². The topological polar surface area (TPSA) is 37.8 Å². The van der Waals surface area contributed by atoms with Crippen LogP contribution in [0.15, 0.2) is 6.20 Å². The first-order valence-electron chi connectivity index (χ1n) is 5.01. The summed E-state index contributed by atoms with van der Waals surface area (Å²) in [5.74, 6) is 0.886. The number of nitrogens with zero attached hydrogens (tertiary/aromatic N) is 2. The minimum absolute atomic E-state index is 0.316. The van der Waals surface area contributed by atoms with Crippen LogP contribution in [0.1, 0.15) is 25.7 Å². The molecule has 0 amide bonds. The number of hydrogen-bond donors (Lipinski definition) is 1. The van der Waals surface area contributed by atoms with Crippen molar-refractivity contribution in [3.8, 4) is 0 Å². The lowest BCUT2D eigenvalue weighted by Crippen LogP contribution is -2.22. The molecule has 0 unspecified atom stereocenters. The van der Waals surface area contributed by atoms with Crippen LogP contribution in [-0.4, -0.2) is 23.9 Å². The predicted octanol–water partition coefficient (Wildman–Crippen LogP) is 0.743. The fourth-order valence-electron chi connectivity index (χ4n) is 1.83. The van der Waals surface area contributed by atoms with E-state index in [1.54, 1.807) is 6.20 Å². The third-order valence-electron chi connectivity index (χ3n) is 2.64. The van der Waals surface area contributed by atoms with Crippen molar-refractivity contribution >= 4 is 30.7 Å². The van der Waals surface area contributed by atoms with E-state index < -0.39 is 0 Å². The minimum atomic E-state index is 0.316. The minimum Gasteiger partial charge on any atom is -0.368 e. The van der Waals surface area contributed by atoms with E-state index in [0.29, 0.717) is 11.3 Å². The predicted molar refractivity (Wildman–Crippen MR) is 61.1 cm³/mol. The maximum Gasteiger partial charge on any atom is 0.224 e. The molecule has 0 bridgehead atoms. The summed E-state index contributed by atoms with van der Waals surface area (Å²) in [6, 6.07) is 0.569.